The summed E-state index contributed by atoms with van der Waals surface area (Å²) in [6.45, 7) is 2.76. The summed E-state index contributed by atoms with van der Waals surface area (Å²) >= 11 is 1.56. The van der Waals surface area contributed by atoms with E-state index in [1.807, 2.05) is 23.8 Å². The summed E-state index contributed by atoms with van der Waals surface area (Å²) in [6, 6.07) is 8.75. The molecular weight excluding hydrogens is 364 g/mol. The maximum Gasteiger partial charge on any atom is 0.306 e. The van der Waals surface area contributed by atoms with Crippen LogP contribution in [0, 0.1) is 5.92 Å². The fourth-order valence-corrected chi connectivity index (χ4v) is 3.89. The zero-order valence-corrected chi connectivity index (χ0v) is 15.9. The number of hydrogen-bond acceptors (Lipinski definition) is 4. The number of amides is 2. The highest BCUT2D eigenvalue weighted by Gasteiger charge is 2.27. The van der Waals surface area contributed by atoms with Gasteiger partial charge in [0.2, 0.25) is 5.91 Å². The SMILES string of the molecule is CC(C(=O)Nc1ccc(C(=O)N2CCC(C(=O)O)CC2)cc1)c1ccsc1. The van der Waals surface area contributed by atoms with Crippen molar-refractivity contribution in [3.05, 3.63) is 52.2 Å². The van der Waals surface area contributed by atoms with Crippen LogP contribution in [0.15, 0.2) is 41.1 Å². The Morgan fingerprint density at radius 2 is 1.81 bits per heavy atom. The Labute approximate surface area is 161 Å². The molecule has 2 N–H and O–H groups in total. The van der Waals surface area contributed by atoms with Gasteiger partial charge < -0.3 is 15.3 Å². The molecule has 6 nitrogen and oxygen atoms in total. The van der Waals surface area contributed by atoms with E-state index in [4.69, 9.17) is 5.11 Å². The van der Waals surface area contributed by atoms with Crippen molar-refractivity contribution in [3.63, 3.8) is 0 Å². The lowest BCUT2D eigenvalue weighted by atomic mass is 9.96. The zero-order chi connectivity index (χ0) is 19.4. The second-order valence-electron chi connectivity index (χ2n) is 6.75. The molecule has 1 aromatic heterocycles. The van der Waals surface area contributed by atoms with Crippen LogP contribution in [0.3, 0.4) is 0 Å². The van der Waals surface area contributed by atoms with Crippen LogP contribution in [0.4, 0.5) is 5.69 Å². The van der Waals surface area contributed by atoms with E-state index in [9.17, 15) is 14.4 Å². The van der Waals surface area contributed by atoms with Gasteiger partial charge in [-0.2, -0.15) is 11.3 Å². The Bertz CT molecular complexity index is 809. The first kappa shape index (κ1) is 19.1. The van der Waals surface area contributed by atoms with Crippen molar-refractivity contribution >= 4 is 34.8 Å². The molecule has 3 rings (SSSR count). The fraction of sp³-hybridized carbons (Fsp3) is 0.350. The number of rotatable bonds is 5. The number of benzene rings is 1. The number of aliphatic carboxylic acids is 1. The molecule has 2 heterocycles. The molecule has 0 radical (unpaired) electrons. The van der Waals surface area contributed by atoms with Crippen molar-refractivity contribution < 1.29 is 19.5 Å². The van der Waals surface area contributed by atoms with E-state index < -0.39 is 5.97 Å². The zero-order valence-electron chi connectivity index (χ0n) is 15.1. The average Bonchev–Trinajstić information content (AvgIpc) is 3.22. The number of carboxylic acid groups (broad SMARTS) is 1. The molecular formula is C20H22N2O4S. The molecule has 1 aliphatic rings. The summed E-state index contributed by atoms with van der Waals surface area (Å²) in [4.78, 5) is 37.6. The first-order valence-corrected chi connectivity index (χ1v) is 9.85. The van der Waals surface area contributed by atoms with Crippen LogP contribution in [0.1, 0.15) is 41.6 Å². The summed E-state index contributed by atoms with van der Waals surface area (Å²) < 4.78 is 0. The predicted octanol–water partition coefficient (Wildman–Crippen LogP) is 3.43. The van der Waals surface area contributed by atoms with Gasteiger partial charge in [0.1, 0.15) is 0 Å². The monoisotopic (exact) mass is 386 g/mol. The van der Waals surface area contributed by atoms with E-state index in [0.717, 1.165) is 5.56 Å². The topological polar surface area (TPSA) is 86.7 Å². The molecule has 0 saturated carbocycles. The predicted molar refractivity (Wildman–Crippen MR) is 104 cm³/mol. The number of nitrogens with zero attached hydrogens (tertiary/aromatic N) is 1. The quantitative estimate of drug-likeness (QED) is 0.824. The van der Waals surface area contributed by atoms with Gasteiger partial charge in [-0.05, 0) is 66.4 Å². The highest BCUT2D eigenvalue weighted by Crippen LogP contribution is 2.22. The van der Waals surface area contributed by atoms with E-state index >= 15 is 0 Å². The number of nitrogens with one attached hydrogen (secondary N) is 1. The lowest BCUT2D eigenvalue weighted by Gasteiger charge is -2.30. The number of carbonyl (C=O) groups is 3. The largest absolute Gasteiger partial charge is 0.481 e. The molecule has 1 aliphatic heterocycles. The third kappa shape index (κ3) is 4.54. The molecule has 2 amide bonds. The van der Waals surface area contributed by atoms with Crippen molar-refractivity contribution in [2.75, 3.05) is 18.4 Å². The first-order chi connectivity index (χ1) is 13.0. The first-order valence-electron chi connectivity index (χ1n) is 8.91. The van der Waals surface area contributed by atoms with Crippen molar-refractivity contribution in [1.82, 2.24) is 4.90 Å². The third-order valence-electron chi connectivity index (χ3n) is 4.97. The Morgan fingerprint density at radius 1 is 1.15 bits per heavy atom. The van der Waals surface area contributed by atoms with E-state index in [1.54, 1.807) is 40.5 Å². The standard InChI is InChI=1S/C20H22N2O4S/c1-13(16-8-11-27-12-16)18(23)21-17-4-2-14(3-5-17)19(24)22-9-6-15(7-10-22)20(25)26/h2-5,8,11-13,15H,6-7,9-10H2,1H3,(H,21,23)(H,25,26). The lowest BCUT2D eigenvalue weighted by molar-refractivity contribution is -0.143. The van der Waals surface area contributed by atoms with Crippen molar-refractivity contribution in [3.8, 4) is 0 Å². The van der Waals surface area contributed by atoms with Crippen molar-refractivity contribution in [2.45, 2.75) is 25.7 Å². The number of thiophene rings is 1. The van der Waals surface area contributed by atoms with Crippen LogP contribution in [0.5, 0.6) is 0 Å². The van der Waals surface area contributed by atoms with E-state index in [0.29, 0.717) is 37.2 Å². The van der Waals surface area contributed by atoms with Crippen LogP contribution >= 0.6 is 11.3 Å². The van der Waals surface area contributed by atoms with Gasteiger partial charge >= 0.3 is 5.97 Å². The fourth-order valence-electron chi connectivity index (χ4n) is 3.13. The van der Waals surface area contributed by atoms with Crippen LogP contribution in [-0.2, 0) is 9.59 Å². The van der Waals surface area contributed by atoms with Gasteiger partial charge in [-0.3, -0.25) is 14.4 Å². The van der Waals surface area contributed by atoms with Gasteiger partial charge in [-0.15, -0.1) is 0 Å². The lowest BCUT2D eigenvalue weighted by Crippen LogP contribution is -2.40. The highest BCUT2D eigenvalue weighted by molar-refractivity contribution is 7.08. The van der Waals surface area contributed by atoms with E-state index in [1.165, 1.54) is 0 Å². The Morgan fingerprint density at radius 3 is 2.37 bits per heavy atom. The minimum absolute atomic E-state index is 0.0942. The summed E-state index contributed by atoms with van der Waals surface area (Å²) in [7, 11) is 0. The molecule has 1 saturated heterocycles. The molecule has 2 aromatic rings. The molecule has 27 heavy (non-hydrogen) atoms. The smallest absolute Gasteiger partial charge is 0.306 e. The van der Waals surface area contributed by atoms with E-state index in [2.05, 4.69) is 5.32 Å². The number of piperidine rings is 1. The summed E-state index contributed by atoms with van der Waals surface area (Å²) in [5, 5.41) is 15.8. The molecule has 1 aromatic carbocycles. The molecule has 0 bridgehead atoms. The van der Waals surface area contributed by atoms with Crippen LogP contribution in [-0.4, -0.2) is 40.9 Å². The van der Waals surface area contributed by atoms with Crippen LogP contribution < -0.4 is 5.32 Å². The number of carbonyl (C=O) groups excluding carboxylic acids is 2. The van der Waals surface area contributed by atoms with Gasteiger partial charge in [-0.25, -0.2) is 0 Å². The molecule has 1 fully saturated rings. The Balaban J connectivity index is 1.58. The number of anilines is 1. The van der Waals surface area contributed by atoms with Gasteiger partial charge in [0, 0.05) is 24.3 Å². The minimum atomic E-state index is -0.793. The molecule has 142 valence electrons. The maximum atomic E-state index is 12.6. The van der Waals surface area contributed by atoms with Gasteiger partial charge in [0.05, 0.1) is 11.8 Å². The Hall–Kier alpha value is -2.67. The second-order valence-corrected chi connectivity index (χ2v) is 7.53. The Kier molecular flexibility index (Phi) is 5.91. The summed E-state index contributed by atoms with van der Waals surface area (Å²) in [6.07, 6.45) is 0.964. The highest BCUT2D eigenvalue weighted by atomic mass is 32.1. The molecule has 0 spiro atoms. The van der Waals surface area contributed by atoms with E-state index in [-0.39, 0.29) is 23.7 Å². The third-order valence-corrected chi connectivity index (χ3v) is 5.67. The van der Waals surface area contributed by atoms with Crippen molar-refractivity contribution in [1.29, 1.82) is 0 Å². The molecule has 7 heteroatoms. The summed E-state index contributed by atoms with van der Waals surface area (Å²) in [5.41, 5.74) is 2.16. The average molecular weight is 386 g/mol. The molecule has 1 atom stereocenters. The van der Waals surface area contributed by atoms with Gasteiger partial charge in [0.25, 0.3) is 5.91 Å². The van der Waals surface area contributed by atoms with Crippen molar-refractivity contribution in [2.24, 2.45) is 5.92 Å². The number of likely N-dealkylation sites (tertiary alicyclic amines) is 1. The second kappa shape index (κ2) is 8.35. The summed E-state index contributed by atoms with van der Waals surface area (Å²) in [5.74, 6) is -1.60. The van der Waals surface area contributed by atoms with Crippen LogP contribution in [0.25, 0.3) is 0 Å². The molecule has 1 unspecified atom stereocenters. The van der Waals surface area contributed by atoms with Gasteiger partial charge in [0.15, 0.2) is 0 Å². The number of carboxylic acids is 1. The van der Waals surface area contributed by atoms with Crippen LogP contribution in [0.2, 0.25) is 0 Å². The maximum absolute atomic E-state index is 12.6. The number of hydrogen-bond donors (Lipinski definition) is 2. The molecule has 0 aliphatic carbocycles. The normalized spacial score (nSPS) is 16.0. The van der Waals surface area contributed by atoms with Gasteiger partial charge in [-0.1, -0.05) is 0 Å². The minimum Gasteiger partial charge on any atom is -0.481 e.